The fourth-order valence-electron chi connectivity index (χ4n) is 3.38. The molecule has 0 aliphatic carbocycles. The predicted octanol–water partition coefficient (Wildman–Crippen LogP) is 2.08. The SMILES string of the molecule is Cc1ccc(Cn2c(=O)c3ccc(C(=O)NCC(C)C)cc3n3c(=O)[nH]nc23)cc1. The molecule has 8 heteroatoms. The Balaban J connectivity index is 1.87. The van der Waals surface area contributed by atoms with E-state index in [9.17, 15) is 14.4 Å². The second-order valence-electron chi connectivity index (χ2n) is 7.88. The van der Waals surface area contributed by atoms with Gasteiger partial charge in [-0.1, -0.05) is 43.7 Å². The minimum atomic E-state index is -0.465. The second kappa shape index (κ2) is 7.62. The number of aryl methyl sites for hydroxylation is 1. The van der Waals surface area contributed by atoms with Crippen molar-refractivity contribution < 1.29 is 4.79 Å². The lowest BCUT2D eigenvalue weighted by Crippen LogP contribution is -2.28. The van der Waals surface area contributed by atoms with Gasteiger partial charge in [0, 0.05) is 12.1 Å². The molecule has 0 aliphatic rings. The van der Waals surface area contributed by atoms with Gasteiger partial charge in [-0.15, -0.1) is 5.10 Å². The highest BCUT2D eigenvalue weighted by molar-refractivity contribution is 5.98. The van der Waals surface area contributed by atoms with Crippen LogP contribution in [0.2, 0.25) is 0 Å². The van der Waals surface area contributed by atoms with Crippen LogP contribution in [0, 0.1) is 12.8 Å². The number of aromatic amines is 1. The first kappa shape index (κ1) is 19.6. The van der Waals surface area contributed by atoms with E-state index in [4.69, 9.17) is 0 Å². The lowest BCUT2D eigenvalue weighted by atomic mass is 10.1. The van der Waals surface area contributed by atoms with E-state index >= 15 is 0 Å². The summed E-state index contributed by atoms with van der Waals surface area (Å²) in [6.45, 7) is 6.82. The Kier molecular flexibility index (Phi) is 4.99. The van der Waals surface area contributed by atoms with Crippen molar-refractivity contribution in [3.8, 4) is 0 Å². The fraction of sp³-hybridized carbons (Fsp3) is 0.273. The Morgan fingerprint density at radius 3 is 2.57 bits per heavy atom. The molecule has 0 fully saturated rings. The van der Waals surface area contributed by atoms with Crippen LogP contribution in [0.5, 0.6) is 0 Å². The van der Waals surface area contributed by atoms with Gasteiger partial charge in [0.15, 0.2) is 0 Å². The number of rotatable bonds is 5. The summed E-state index contributed by atoms with van der Waals surface area (Å²) in [4.78, 5) is 38.2. The third-order valence-corrected chi connectivity index (χ3v) is 5.00. The molecule has 0 spiro atoms. The topological polar surface area (TPSA) is 101 Å². The second-order valence-corrected chi connectivity index (χ2v) is 7.88. The molecule has 154 valence electrons. The molecule has 2 heterocycles. The van der Waals surface area contributed by atoms with Crippen molar-refractivity contribution >= 4 is 22.6 Å². The molecule has 0 aliphatic heterocycles. The van der Waals surface area contributed by atoms with E-state index in [1.54, 1.807) is 18.2 Å². The summed E-state index contributed by atoms with van der Waals surface area (Å²) in [6, 6.07) is 12.6. The Bertz CT molecular complexity index is 1360. The fourth-order valence-corrected chi connectivity index (χ4v) is 3.38. The molecule has 2 aromatic carbocycles. The summed E-state index contributed by atoms with van der Waals surface area (Å²) in [5.74, 6) is 0.267. The van der Waals surface area contributed by atoms with Crippen LogP contribution in [0.4, 0.5) is 0 Å². The van der Waals surface area contributed by atoms with Crippen LogP contribution in [0.3, 0.4) is 0 Å². The van der Waals surface area contributed by atoms with Gasteiger partial charge in [0.05, 0.1) is 17.4 Å². The van der Waals surface area contributed by atoms with Crippen LogP contribution >= 0.6 is 0 Å². The number of nitrogens with zero attached hydrogens (tertiary/aromatic N) is 3. The van der Waals surface area contributed by atoms with Gasteiger partial charge >= 0.3 is 5.69 Å². The number of H-pyrrole nitrogens is 1. The van der Waals surface area contributed by atoms with E-state index in [2.05, 4.69) is 15.5 Å². The Morgan fingerprint density at radius 1 is 1.13 bits per heavy atom. The molecule has 0 radical (unpaired) electrons. The number of benzene rings is 2. The number of aromatic nitrogens is 4. The summed E-state index contributed by atoms with van der Waals surface area (Å²) in [5.41, 5.74) is 2.04. The van der Waals surface area contributed by atoms with E-state index < -0.39 is 5.69 Å². The van der Waals surface area contributed by atoms with E-state index in [0.717, 1.165) is 11.1 Å². The number of hydrogen-bond donors (Lipinski definition) is 2. The minimum absolute atomic E-state index is 0.206. The third kappa shape index (κ3) is 3.52. The standard InChI is InChI=1S/C22H23N5O3/c1-13(2)11-23-19(28)16-8-9-17-18(10-16)27-21(24-25-22(27)30)26(20(17)29)12-15-6-4-14(3)5-7-15/h4-10,13H,11-12H2,1-3H3,(H,23,28)(H,25,30). The van der Waals surface area contributed by atoms with E-state index in [-0.39, 0.29) is 23.8 Å². The van der Waals surface area contributed by atoms with Crippen molar-refractivity contribution in [2.75, 3.05) is 6.54 Å². The normalized spacial score (nSPS) is 11.5. The highest BCUT2D eigenvalue weighted by Gasteiger charge is 2.17. The monoisotopic (exact) mass is 405 g/mol. The van der Waals surface area contributed by atoms with Gasteiger partial charge in [0.1, 0.15) is 0 Å². The van der Waals surface area contributed by atoms with Crippen molar-refractivity contribution in [3.05, 3.63) is 80.0 Å². The Hall–Kier alpha value is -3.68. The molecular weight excluding hydrogens is 382 g/mol. The van der Waals surface area contributed by atoms with Gasteiger partial charge < -0.3 is 5.32 Å². The maximum atomic E-state index is 13.2. The molecule has 4 rings (SSSR count). The number of amides is 1. The number of fused-ring (bicyclic) bond motifs is 3. The highest BCUT2D eigenvalue weighted by atomic mass is 16.2. The van der Waals surface area contributed by atoms with E-state index in [1.165, 1.54) is 8.97 Å². The van der Waals surface area contributed by atoms with Gasteiger partial charge in [0.2, 0.25) is 5.78 Å². The number of carbonyl (C=O) groups is 1. The molecular formula is C22H23N5O3. The summed E-state index contributed by atoms with van der Waals surface area (Å²) in [6.07, 6.45) is 0. The zero-order valence-electron chi connectivity index (χ0n) is 17.1. The number of nitrogens with one attached hydrogen (secondary N) is 2. The van der Waals surface area contributed by atoms with Gasteiger partial charge in [0.25, 0.3) is 11.5 Å². The molecule has 0 saturated heterocycles. The van der Waals surface area contributed by atoms with E-state index in [0.29, 0.717) is 28.9 Å². The van der Waals surface area contributed by atoms with Crippen LogP contribution in [-0.2, 0) is 6.54 Å². The molecule has 2 aromatic heterocycles. The molecule has 30 heavy (non-hydrogen) atoms. The van der Waals surface area contributed by atoms with Gasteiger partial charge in [-0.05, 0) is 36.6 Å². The quantitative estimate of drug-likeness (QED) is 0.531. The van der Waals surface area contributed by atoms with Crippen LogP contribution < -0.4 is 16.6 Å². The predicted molar refractivity (Wildman–Crippen MR) is 115 cm³/mol. The molecule has 0 unspecified atom stereocenters. The van der Waals surface area contributed by atoms with Crippen LogP contribution in [-0.4, -0.2) is 31.6 Å². The smallest absolute Gasteiger partial charge is 0.349 e. The largest absolute Gasteiger partial charge is 0.352 e. The van der Waals surface area contributed by atoms with E-state index in [1.807, 2.05) is 45.0 Å². The first-order valence-electron chi connectivity index (χ1n) is 9.82. The summed E-state index contributed by atoms with van der Waals surface area (Å²) in [5, 5.41) is 9.68. The first-order chi connectivity index (χ1) is 14.3. The third-order valence-electron chi connectivity index (χ3n) is 5.00. The number of hydrogen-bond acceptors (Lipinski definition) is 4. The molecule has 1 amide bonds. The molecule has 4 aromatic rings. The van der Waals surface area contributed by atoms with Crippen molar-refractivity contribution in [1.29, 1.82) is 0 Å². The maximum absolute atomic E-state index is 13.2. The minimum Gasteiger partial charge on any atom is -0.352 e. The first-order valence-corrected chi connectivity index (χ1v) is 9.82. The molecule has 2 N–H and O–H groups in total. The van der Waals surface area contributed by atoms with Gasteiger partial charge in [-0.25, -0.2) is 14.3 Å². The van der Waals surface area contributed by atoms with Gasteiger partial charge in [-0.2, -0.15) is 0 Å². The molecule has 0 atom stereocenters. The lowest BCUT2D eigenvalue weighted by Gasteiger charge is -2.12. The summed E-state index contributed by atoms with van der Waals surface area (Å²) < 4.78 is 2.80. The maximum Gasteiger partial charge on any atom is 0.349 e. The zero-order valence-corrected chi connectivity index (χ0v) is 17.1. The Morgan fingerprint density at radius 2 is 1.87 bits per heavy atom. The average molecular weight is 405 g/mol. The molecule has 0 bridgehead atoms. The average Bonchev–Trinajstić information content (AvgIpc) is 3.11. The number of carbonyl (C=O) groups excluding carboxylic acids is 1. The molecule has 0 saturated carbocycles. The van der Waals surface area contributed by atoms with Gasteiger partial charge in [-0.3, -0.25) is 14.2 Å². The van der Waals surface area contributed by atoms with Crippen molar-refractivity contribution in [2.45, 2.75) is 27.3 Å². The van der Waals surface area contributed by atoms with Crippen LogP contribution in [0.1, 0.15) is 35.3 Å². The van der Waals surface area contributed by atoms with Crippen LogP contribution in [0.25, 0.3) is 16.7 Å². The summed E-state index contributed by atoms with van der Waals surface area (Å²) in [7, 11) is 0. The molecule has 8 nitrogen and oxygen atoms in total. The zero-order chi connectivity index (χ0) is 21.4. The van der Waals surface area contributed by atoms with Crippen molar-refractivity contribution in [2.24, 2.45) is 5.92 Å². The lowest BCUT2D eigenvalue weighted by molar-refractivity contribution is 0.0949. The Labute approximate surface area is 172 Å². The van der Waals surface area contributed by atoms with Crippen molar-refractivity contribution in [1.82, 2.24) is 24.5 Å². The highest BCUT2D eigenvalue weighted by Crippen LogP contribution is 2.15. The van der Waals surface area contributed by atoms with Crippen LogP contribution in [0.15, 0.2) is 52.1 Å². The van der Waals surface area contributed by atoms with Crippen molar-refractivity contribution in [3.63, 3.8) is 0 Å². The summed E-state index contributed by atoms with van der Waals surface area (Å²) >= 11 is 0.